The third-order valence-electron chi connectivity index (χ3n) is 3.88. The Morgan fingerprint density at radius 1 is 1.25 bits per heavy atom. The van der Waals surface area contributed by atoms with Gasteiger partial charge in [-0.05, 0) is 32.4 Å². The SMILES string of the molecule is CNC(c1ccccc1OC(F)(F)F)C1(OC)CCC1. The second kappa shape index (κ2) is 5.61. The molecule has 20 heavy (non-hydrogen) atoms. The van der Waals surface area contributed by atoms with E-state index in [1.807, 2.05) is 0 Å². The lowest BCUT2D eigenvalue weighted by molar-refractivity contribution is -0.275. The van der Waals surface area contributed by atoms with Gasteiger partial charge in [0.15, 0.2) is 0 Å². The van der Waals surface area contributed by atoms with Crippen molar-refractivity contribution < 1.29 is 22.6 Å². The van der Waals surface area contributed by atoms with E-state index in [0.29, 0.717) is 5.56 Å². The third-order valence-corrected chi connectivity index (χ3v) is 3.88. The van der Waals surface area contributed by atoms with Gasteiger partial charge >= 0.3 is 6.36 Å². The average molecular weight is 289 g/mol. The van der Waals surface area contributed by atoms with Gasteiger partial charge in [-0.3, -0.25) is 0 Å². The number of hydrogen-bond donors (Lipinski definition) is 1. The van der Waals surface area contributed by atoms with E-state index in [0.717, 1.165) is 19.3 Å². The average Bonchev–Trinajstić information content (AvgIpc) is 2.33. The highest BCUT2D eigenvalue weighted by molar-refractivity contribution is 5.38. The molecule has 1 aromatic rings. The van der Waals surface area contributed by atoms with Crippen molar-refractivity contribution in [3.05, 3.63) is 29.8 Å². The number of nitrogens with one attached hydrogen (secondary N) is 1. The fourth-order valence-electron chi connectivity index (χ4n) is 2.77. The molecule has 0 amide bonds. The Hall–Kier alpha value is -1.27. The smallest absolute Gasteiger partial charge is 0.405 e. The quantitative estimate of drug-likeness (QED) is 0.901. The van der Waals surface area contributed by atoms with Gasteiger partial charge in [0.1, 0.15) is 5.75 Å². The zero-order valence-corrected chi connectivity index (χ0v) is 11.5. The van der Waals surface area contributed by atoms with E-state index in [4.69, 9.17) is 4.74 Å². The van der Waals surface area contributed by atoms with Gasteiger partial charge < -0.3 is 14.8 Å². The van der Waals surface area contributed by atoms with E-state index in [2.05, 4.69) is 10.1 Å². The van der Waals surface area contributed by atoms with E-state index in [1.54, 1.807) is 26.3 Å². The molecule has 0 saturated heterocycles. The Labute approximate surface area is 116 Å². The maximum absolute atomic E-state index is 12.5. The first kappa shape index (κ1) is 15.1. The van der Waals surface area contributed by atoms with Crippen molar-refractivity contribution in [2.45, 2.75) is 37.3 Å². The van der Waals surface area contributed by atoms with Gasteiger partial charge in [-0.15, -0.1) is 13.2 Å². The summed E-state index contributed by atoms with van der Waals surface area (Å²) in [7, 11) is 3.31. The third kappa shape index (κ3) is 2.91. The molecule has 0 aromatic heterocycles. The predicted molar refractivity (Wildman–Crippen MR) is 68.5 cm³/mol. The van der Waals surface area contributed by atoms with Gasteiger partial charge in [0, 0.05) is 12.7 Å². The highest BCUT2D eigenvalue weighted by Crippen LogP contribution is 2.47. The number of benzene rings is 1. The minimum Gasteiger partial charge on any atom is -0.405 e. The number of halogens is 3. The Morgan fingerprint density at radius 2 is 1.90 bits per heavy atom. The molecule has 0 aliphatic heterocycles. The Kier molecular flexibility index (Phi) is 4.25. The number of alkyl halides is 3. The van der Waals surface area contributed by atoms with Crippen molar-refractivity contribution in [3.8, 4) is 5.75 Å². The number of para-hydroxylation sites is 1. The molecule has 6 heteroatoms. The first-order valence-corrected chi connectivity index (χ1v) is 6.49. The van der Waals surface area contributed by atoms with Gasteiger partial charge in [-0.1, -0.05) is 18.2 Å². The molecular weight excluding hydrogens is 271 g/mol. The van der Waals surface area contributed by atoms with Crippen LogP contribution in [-0.2, 0) is 4.74 Å². The van der Waals surface area contributed by atoms with E-state index >= 15 is 0 Å². The summed E-state index contributed by atoms with van der Waals surface area (Å²) in [6.45, 7) is 0. The summed E-state index contributed by atoms with van der Waals surface area (Å²) in [5.41, 5.74) is 0.00803. The molecule has 0 heterocycles. The van der Waals surface area contributed by atoms with Crippen molar-refractivity contribution >= 4 is 0 Å². The van der Waals surface area contributed by atoms with Crippen molar-refractivity contribution in [1.82, 2.24) is 5.32 Å². The first-order valence-electron chi connectivity index (χ1n) is 6.49. The van der Waals surface area contributed by atoms with Gasteiger partial charge in [0.25, 0.3) is 0 Å². The van der Waals surface area contributed by atoms with Gasteiger partial charge in [-0.25, -0.2) is 0 Å². The molecule has 1 fully saturated rings. The molecule has 0 bridgehead atoms. The van der Waals surface area contributed by atoms with E-state index < -0.39 is 12.0 Å². The molecule has 1 aromatic carbocycles. The second-order valence-corrected chi connectivity index (χ2v) is 4.93. The predicted octanol–water partition coefficient (Wildman–Crippen LogP) is 3.41. The van der Waals surface area contributed by atoms with Crippen molar-refractivity contribution in [1.29, 1.82) is 0 Å². The molecule has 1 N–H and O–H groups in total. The van der Waals surface area contributed by atoms with Crippen LogP contribution in [0.1, 0.15) is 30.9 Å². The Balaban J connectivity index is 2.35. The molecule has 112 valence electrons. The van der Waals surface area contributed by atoms with Crippen molar-refractivity contribution in [2.75, 3.05) is 14.2 Å². The first-order chi connectivity index (χ1) is 9.42. The van der Waals surface area contributed by atoms with Crippen LogP contribution in [0.4, 0.5) is 13.2 Å². The monoisotopic (exact) mass is 289 g/mol. The fourth-order valence-corrected chi connectivity index (χ4v) is 2.77. The number of likely N-dealkylation sites (N-methyl/N-ethyl adjacent to an activating group) is 1. The second-order valence-electron chi connectivity index (χ2n) is 4.93. The normalized spacial score (nSPS) is 19.2. The van der Waals surface area contributed by atoms with Crippen LogP contribution in [-0.4, -0.2) is 26.1 Å². The molecule has 0 spiro atoms. The molecule has 1 aliphatic rings. The standard InChI is InChI=1S/C14H18F3NO2/c1-18-12(13(19-2)8-5-9-13)10-6-3-4-7-11(10)20-14(15,16)17/h3-4,6-7,12,18H,5,8-9H2,1-2H3. The van der Waals surface area contributed by atoms with Crippen LogP contribution in [0.25, 0.3) is 0 Å². The maximum Gasteiger partial charge on any atom is 0.573 e. The summed E-state index contributed by atoms with van der Waals surface area (Å²) in [5.74, 6) is -0.178. The van der Waals surface area contributed by atoms with Crippen LogP contribution < -0.4 is 10.1 Å². The molecule has 2 rings (SSSR count). The van der Waals surface area contributed by atoms with Crippen LogP contribution in [0.15, 0.2) is 24.3 Å². The minimum atomic E-state index is -4.70. The molecular formula is C14H18F3NO2. The fraction of sp³-hybridized carbons (Fsp3) is 0.571. The molecule has 1 unspecified atom stereocenters. The van der Waals surface area contributed by atoms with Crippen LogP contribution in [0.3, 0.4) is 0 Å². The zero-order chi connectivity index (χ0) is 14.8. The number of ether oxygens (including phenoxy) is 2. The lowest BCUT2D eigenvalue weighted by Crippen LogP contribution is -2.49. The molecule has 1 aliphatic carbocycles. The number of rotatable bonds is 5. The van der Waals surface area contributed by atoms with E-state index in [-0.39, 0.29) is 11.8 Å². The van der Waals surface area contributed by atoms with Gasteiger partial charge in [0.2, 0.25) is 0 Å². The molecule has 1 atom stereocenters. The summed E-state index contributed by atoms with van der Waals surface area (Å²) in [5, 5.41) is 3.07. The van der Waals surface area contributed by atoms with Crippen LogP contribution in [0.2, 0.25) is 0 Å². The number of methoxy groups -OCH3 is 1. The van der Waals surface area contributed by atoms with Crippen LogP contribution in [0.5, 0.6) is 5.75 Å². The lowest BCUT2D eigenvalue weighted by atomic mass is 9.72. The maximum atomic E-state index is 12.5. The van der Waals surface area contributed by atoms with Gasteiger partial charge in [-0.2, -0.15) is 0 Å². The summed E-state index contributed by atoms with van der Waals surface area (Å²) >= 11 is 0. The largest absolute Gasteiger partial charge is 0.573 e. The molecule has 0 radical (unpaired) electrons. The minimum absolute atomic E-state index is 0.178. The van der Waals surface area contributed by atoms with Crippen LogP contribution in [0, 0.1) is 0 Å². The summed E-state index contributed by atoms with van der Waals surface area (Å²) in [6.07, 6.45) is -2.06. The highest BCUT2D eigenvalue weighted by atomic mass is 19.4. The number of hydrogen-bond acceptors (Lipinski definition) is 3. The highest BCUT2D eigenvalue weighted by Gasteiger charge is 2.46. The summed E-state index contributed by atoms with van der Waals surface area (Å²) < 4.78 is 47.2. The summed E-state index contributed by atoms with van der Waals surface area (Å²) in [6, 6.07) is 5.86. The lowest BCUT2D eigenvalue weighted by Gasteiger charge is -2.46. The topological polar surface area (TPSA) is 30.5 Å². The zero-order valence-electron chi connectivity index (χ0n) is 11.5. The van der Waals surface area contributed by atoms with E-state index in [9.17, 15) is 13.2 Å². The van der Waals surface area contributed by atoms with Crippen LogP contribution >= 0.6 is 0 Å². The summed E-state index contributed by atoms with van der Waals surface area (Å²) in [4.78, 5) is 0. The molecule has 1 saturated carbocycles. The van der Waals surface area contributed by atoms with Crippen molar-refractivity contribution in [3.63, 3.8) is 0 Å². The Morgan fingerprint density at radius 3 is 2.35 bits per heavy atom. The van der Waals surface area contributed by atoms with Gasteiger partial charge in [0.05, 0.1) is 11.6 Å². The van der Waals surface area contributed by atoms with Crippen molar-refractivity contribution in [2.24, 2.45) is 0 Å². The van der Waals surface area contributed by atoms with E-state index in [1.165, 1.54) is 12.1 Å². The Bertz CT molecular complexity index is 452. The molecule has 3 nitrogen and oxygen atoms in total.